The minimum atomic E-state index is -0.298. The first-order valence-corrected chi connectivity index (χ1v) is 6.94. The Balaban J connectivity index is 2.21. The summed E-state index contributed by atoms with van der Waals surface area (Å²) in [6, 6.07) is 8.31. The Labute approximate surface area is 119 Å². The molecule has 2 rings (SSSR count). The Morgan fingerprint density at radius 2 is 2.16 bits per heavy atom. The maximum atomic E-state index is 12.0. The number of hydrogen-bond acceptors (Lipinski definition) is 5. The number of nitrogens with one attached hydrogen (secondary N) is 1. The number of amides is 1. The van der Waals surface area contributed by atoms with Crippen molar-refractivity contribution in [3.63, 3.8) is 0 Å². The van der Waals surface area contributed by atoms with E-state index in [-0.39, 0.29) is 11.9 Å². The van der Waals surface area contributed by atoms with Crippen molar-refractivity contribution in [2.24, 2.45) is 0 Å². The van der Waals surface area contributed by atoms with Gasteiger partial charge in [-0.3, -0.25) is 4.79 Å². The number of nitrogens with zero attached hydrogens (tertiary/aromatic N) is 2. The van der Waals surface area contributed by atoms with Crippen LogP contribution in [0.3, 0.4) is 0 Å². The highest BCUT2D eigenvalue weighted by atomic mass is 35.5. The summed E-state index contributed by atoms with van der Waals surface area (Å²) >= 11 is 7.25. The predicted molar refractivity (Wildman–Crippen MR) is 77.6 cm³/mol. The fraction of sp³-hybridized carbons (Fsp3) is 0.0833. The normalized spacial score (nSPS) is 10.2. The van der Waals surface area contributed by atoms with Gasteiger partial charge in [-0.15, -0.1) is 11.8 Å². The first-order valence-electron chi connectivity index (χ1n) is 5.34. The van der Waals surface area contributed by atoms with Crippen molar-refractivity contribution < 1.29 is 4.79 Å². The van der Waals surface area contributed by atoms with E-state index in [0.29, 0.717) is 21.4 Å². The molecule has 1 aromatic heterocycles. The van der Waals surface area contributed by atoms with Gasteiger partial charge in [-0.1, -0.05) is 17.7 Å². The number of nitrogen functional groups attached to an aromatic ring is 1. The lowest BCUT2D eigenvalue weighted by Crippen LogP contribution is -2.14. The maximum Gasteiger partial charge on any atom is 0.256 e. The van der Waals surface area contributed by atoms with Gasteiger partial charge in [0.05, 0.1) is 0 Å². The molecule has 0 radical (unpaired) electrons. The SMILES string of the molecule is CSc1cc(NC(=O)c2cccc(Cl)c2)nc(N)n1. The molecule has 0 saturated heterocycles. The largest absolute Gasteiger partial charge is 0.368 e. The third-order valence-corrected chi connectivity index (χ3v) is 3.12. The third-order valence-electron chi connectivity index (χ3n) is 2.26. The van der Waals surface area contributed by atoms with Crippen LogP contribution in [0, 0.1) is 0 Å². The molecular weight excluding hydrogens is 284 g/mol. The molecule has 3 N–H and O–H groups in total. The Morgan fingerprint density at radius 3 is 2.84 bits per heavy atom. The Morgan fingerprint density at radius 1 is 1.37 bits per heavy atom. The third kappa shape index (κ3) is 3.59. The second kappa shape index (κ2) is 5.90. The van der Waals surface area contributed by atoms with Crippen molar-refractivity contribution in [2.75, 3.05) is 17.3 Å². The zero-order valence-corrected chi connectivity index (χ0v) is 11.6. The van der Waals surface area contributed by atoms with Gasteiger partial charge in [-0.05, 0) is 24.5 Å². The minimum absolute atomic E-state index is 0.119. The Bertz CT molecular complexity index is 620. The van der Waals surface area contributed by atoms with Crippen LogP contribution >= 0.6 is 23.4 Å². The van der Waals surface area contributed by atoms with Gasteiger partial charge in [-0.25, -0.2) is 4.98 Å². The van der Waals surface area contributed by atoms with Crippen LogP contribution in [0.4, 0.5) is 11.8 Å². The van der Waals surface area contributed by atoms with Crippen LogP contribution in [0.5, 0.6) is 0 Å². The van der Waals surface area contributed by atoms with Gasteiger partial charge in [-0.2, -0.15) is 4.98 Å². The first-order chi connectivity index (χ1) is 9.08. The smallest absolute Gasteiger partial charge is 0.256 e. The summed E-state index contributed by atoms with van der Waals surface area (Å²) in [5, 5.41) is 3.85. The molecule has 2 aromatic rings. The van der Waals surface area contributed by atoms with E-state index in [9.17, 15) is 4.79 Å². The monoisotopic (exact) mass is 294 g/mol. The van der Waals surface area contributed by atoms with E-state index in [4.69, 9.17) is 17.3 Å². The number of hydrogen-bond donors (Lipinski definition) is 2. The van der Waals surface area contributed by atoms with Crippen LogP contribution in [-0.4, -0.2) is 22.1 Å². The van der Waals surface area contributed by atoms with Gasteiger partial charge in [0.15, 0.2) is 0 Å². The molecule has 0 fully saturated rings. The highest BCUT2D eigenvalue weighted by Gasteiger charge is 2.09. The molecule has 0 atom stereocenters. The zero-order valence-electron chi connectivity index (χ0n) is 10.1. The molecule has 1 heterocycles. The molecule has 7 heteroatoms. The summed E-state index contributed by atoms with van der Waals surface area (Å²) in [5.74, 6) is 0.183. The summed E-state index contributed by atoms with van der Waals surface area (Å²) < 4.78 is 0. The second-order valence-corrected chi connectivity index (χ2v) is 4.88. The number of nitrogens with two attached hydrogens (primary N) is 1. The van der Waals surface area contributed by atoms with Gasteiger partial charge >= 0.3 is 0 Å². The van der Waals surface area contributed by atoms with Gasteiger partial charge in [0.25, 0.3) is 5.91 Å². The van der Waals surface area contributed by atoms with Crippen LogP contribution in [0.25, 0.3) is 0 Å². The predicted octanol–water partition coefficient (Wildman–Crippen LogP) is 2.69. The molecule has 1 amide bonds. The number of halogens is 1. The van der Waals surface area contributed by atoms with Gasteiger partial charge in [0.1, 0.15) is 10.8 Å². The number of carbonyl (C=O) groups is 1. The van der Waals surface area contributed by atoms with Gasteiger partial charge in [0, 0.05) is 16.7 Å². The molecule has 0 saturated carbocycles. The number of benzene rings is 1. The van der Waals surface area contributed by atoms with Gasteiger partial charge in [0.2, 0.25) is 5.95 Å². The Kier molecular flexibility index (Phi) is 4.24. The average molecular weight is 295 g/mol. The minimum Gasteiger partial charge on any atom is -0.368 e. The maximum absolute atomic E-state index is 12.0. The van der Waals surface area contributed by atoms with Crippen LogP contribution in [0.2, 0.25) is 5.02 Å². The van der Waals surface area contributed by atoms with E-state index in [1.165, 1.54) is 11.8 Å². The highest BCUT2D eigenvalue weighted by Crippen LogP contribution is 2.18. The summed E-state index contributed by atoms with van der Waals surface area (Å²) in [4.78, 5) is 20.0. The fourth-order valence-corrected chi connectivity index (χ4v) is 2.03. The van der Waals surface area contributed by atoms with E-state index in [0.717, 1.165) is 0 Å². The fourth-order valence-electron chi connectivity index (χ4n) is 1.43. The molecule has 19 heavy (non-hydrogen) atoms. The quantitative estimate of drug-likeness (QED) is 0.672. The van der Waals surface area contributed by atoms with E-state index < -0.39 is 0 Å². The highest BCUT2D eigenvalue weighted by molar-refractivity contribution is 7.98. The number of carbonyl (C=O) groups excluding carboxylic acids is 1. The summed E-state index contributed by atoms with van der Waals surface area (Å²) in [7, 11) is 0. The number of aromatic nitrogens is 2. The number of anilines is 2. The molecule has 5 nitrogen and oxygen atoms in total. The molecule has 0 unspecified atom stereocenters. The molecule has 0 bridgehead atoms. The van der Waals surface area contributed by atoms with Crippen LogP contribution in [-0.2, 0) is 0 Å². The molecule has 0 aliphatic heterocycles. The molecule has 0 aliphatic rings. The lowest BCUT2D eigenvalue weighted by molar-refractivity contribution is 0.102. The molecule has 0 spiro atoms. The summed E-state index contributed by atoms with van der Waals surface area (Å²) in [6.07, 6.45) is 1.87. The van der Waals surface area contributed by atoms with Crippen molar-refractivity contribution >= 4 is 41.0 Å². The summed E-state index contributed by atoms with van der Waals surface area (Å²) in [5.41, 5.74) is 6.02. The topological polar surface area (TPSA) is 80.9 Å². The van der Waals surface area contributed by atoms with Crippen molar-refractivity contribution in [2.45, 2.75) is 5.03 Å². The van der Waals surface area contributed by atoms with Crippen LogP contribution < -0.4 is 11.1 Å². The second-order valence-electron chi connectivity index (χ2n) is 3.62. The number of rotatable bonds is 3. The van der Waals surface area contributed by atoms with Crippen molar-refractivity contribution in [3.05, 3.63) is 40.9 Å². The lowest BCUT2D eigenvalue weighted by atomic mass is 10.2. The lowest BCUT2D eigenvalue weighted by Gasteiger charge is -2.06. The van der Waals surface area contributed by atoms with Crippen molar-refractivity contribution in [3.8, 4) is 0 Å². The van der Waals surface area contributed by atoms with Crippen LogP contribution in [0.15, 0.2) is 35.4 Å². The zero-order chi connectivity index (χ0) is 13.8. The van der Waals surface area contributed by atoms with E-state index in [1.807, 2.05) is 6.26 Å². The number of thioether (sulfide) groups is 1. The molecule has 1 aromatic carbocycles. The average Bonchev–Trinajstić information content (AvgIpc) is 2.38. The van der Waals surface area contributed by atoms with E-state index >= 15 is 0 Å². The molecule has 0 aliphatic carbocycles. The van der Waals surface area contributed by atoms with Crippen LogP contribution in [0.1, 0.15) is 10.4 Å². The first kappa shape index (κ1) is 13.6. The molecule has 98 valence electrons. The van der Waals surface area contributed by atoms with Crippen molar-refractivity contribution in [1.29, 1.82) is 0 Å². The van der Waals surface area contributed by atoms with E-state index in [1.54, 1.807) is 30.3 Å². The van der Waals surface area contributed by atoms with Gasteiger partial charge < -0.3 is 11.1 Å². The van der Waals surface area contributed by atoms with E-state index in [2.05, 4.69) is 15.3 Å². The van der Waals surface area contributed by atoms with Crippen molar-refractivity contribution in [1.82, 2.24) is 9.97 Å². The summed E-state index contributed by atoms with van der Waals surface area (Å²) in [6.45, 7) is 0. The Hall–Kier alpha value is -1.79. The standard InChI is InChI=1S/C12H11ClN4OS/c1-19-10-6-9(16-12(14)17-10)15-11(18)7-3-2-4-8(13)5-7/h2-6H,1H3,(H3,14,15,16,17,18). The molecular formula is C12H11ClN4OS.